The van der Waals surface area contributed by atoms with Crippen molar-refractivity contribution in [3.05, 3.63) is 93.3 Å². The molecular formula is C20H18FN3O3. The van der Waals surface area contributed by atoms with Crippen LogP contribution in [0, 0.1) is 5.82 Å². The second-order valence-electron chi connectivity index (χ2n) is 5.99. The molecule has 1 amide bonds. The second kappa shape index (κ2) is 7.82. The van der Waals surface area contributed by atoms with E-state index < -0.39 is 22.8 Å². The number of para-hydroxylation sites is 2. The molecule has 1 heterocycles. The van der Waals surface area contributed by atoms with Gasteiger partial charge >= 0.3 is 11.1 Å². The monoisotopic (exact) mass is 367 g/mol. The molecule has 0 aliphatic heterocycles. The molecule has 138 valence electrons. The topological polar surface area (TPSA) is 73.1 Å². The Bertz CT molecular complexity index is 1130. The van der Waals surface area contributed by atoms with E-state index in [2.05, 4.69) is 11.9 Å². The fourth-order valence-electron chi connectivity index (χ4n) is 2.88. The van der Waals surface area contributed by atoms with Crippen molar-refractivity contribution in [1.82, 2.24) is 14.5 Å². The van der Waals surface area contributed by atoms with Crippen molar-refractivity contribution >= 4 is 16.9 Å². The van der Waals surface area contributed by atoms with E-state index >= 15 is 0 Å². The highest BCUT2D eigenvalue weighted by atomic mass is 19.1. The van der Waals surface area contributed by atoms with E-state index in [1.165, 1.54) is 22.8 Å². The number of hydrogen-bond acceptors (Lipinski definition) is 3. The summed E-state index contributed by atoms with van der Waals surface area (Å²) >= 11 is 0. The number of nitrogens with zero attached hydrogens (tertiary/aromatic N) is 2. The molecule has 0 unspecified atom stereocenters. The first-order valence-electron chi connectivity index (χ1n) is 8.35. The number of aromatic nitrogens is 2. The summed E-state index contributed by atoms with van der Waals surface area (Å²) in [6, 6.07) is 12.7. The fraction of sp³-hybridized carbons (Fsp3) is 0.150. The van der Waals surface area contributed by atoms with E-state index in [9.17, 15) is 18.8 Å². The van der Waals surface area contributed by atoms with Gasteiger partial charge in [0, 0.05) is 13.1 Å². The van der Waals surface area contributed by atoms with Crippen LogP contribution in [0.25, 0.3) is 11.0 Å². The molecule has 0 saturated carbocycles. The number of carbonyl (C=O) groups excluding carboxylic acids is 1. The van der Waals surface area contributed by atoms with Crippen LogP contribution in [0.4, 0.5) is 4.39 Å². The number of benzene rings is 2. The predicted molar refractivity (Wildman–Crippen MR) is 101 cm³/mol. The minimum Gasteiger partial charge on any atom is -0.350 e. The molecule has 0 atom stereocenters. The lowest BCUT2D eigenvalue weighted by Crippen LogP contribution is -2.43. The van der Waals surface area contributed by atoms with Crippen molar-refractivity contribution in [3.8, 4) is 0 Å². The molecule has 0 fully saturated rings. The molecule has 3 rings (SSSR count). The van der Waals surface area contributed by atoms with Gasteiger partial charge in [-0.2, -0.15) is 0 Å². The van der Waals surface area contributed by atoms with Gasteiger partial charge in [0.25, 0.3) is 0 Å². The summed E-state index contributed by atoms with van der Waals surface area (Å²) in [5.74, 6) is -0.845. The minimum absolute atomic E-state index is 0.122. The number of nitrogens with one attached hydrogen (secondary N) is 1. The summed E-state index contributed by atoms with van der Waals surface area (Å²) in [5, 5.41) is 2.64. The van der Waals surface area contributed by atoms with Gasteiger partial charge in [0.1, 0.15) is 12.4 Å². The van der Waals surface area contributed by atoms with Gasteiger partial charge in [-0.25, -0.2) is 4.39 Å². The molecule has 1 aromatic heterocycles. The molecule has 3 aromatic rings. The van der Waals surface area contributed by atoms with Crippen LogP contribution in [-0.2, 0) is 24.4 Å². The molecule has 0 radical (unpaired) electrons. The predicted octanol–water partition coefficient (Wildman–Crippen LogP) is 1.80. The van der Waals surface area contributed by atoms with Gasteiger partial charge in [0.15, 0.2) is 0 Å². The van der Waals surface area contributed by atoms with Crippen molar-refractivity contribution in [2.75, 3.05) is 0 Å². The summed E-state index contributed by atoms with van der Waals surface area (Å²) in [4.78, 5) is 37.2. The molecule has 7 heteroatoms. The fourth-order valence-corrected chi connectivity index (χ4v) is 2.88. The molecule has 2 aromatic carbocycles. The summed E-state index contributed by atoms with van der Waals surface area (Å²) in [5.41, 5.74) is 0.120. The number of fused-ring (bicyclic) bond motifs is 1. The van der Waals surface area contributed by atoms with Crippen molar-refractivity contribution in [2.24, 2.45) is 0 Å². The smallest absolute Gasteiger partial charge is 0.317 e. The maximum absolute atomic E-state index is 13.2. The Kier molecular flexibility index (Phi) is 5.30. The van der Waals surface area contributed by atoms with E-state index in [4.69, 9.17) is 0 Å². The van der Waals surface area contributed by atoms with E-state index in [1.54, 1.807) is 36.4 Å². The van der Waals surface area contributed by atoms with Gasteiger partial charge in [-0.3, -0.25) is 23.5 Å². The first-order chi connectivity index (χ1) is 13.0. The Labute approximate surface area is 154 Å². The van der Waals surface area contributed by atoms with Crippen LogP contribution in [0.5, 0.6) is 0 Å². The molecule has 0 spiro atoms. The van der Waals surface area contributed by atoms with Crippen molar-refractivity contribution < 1.29 is 9.18 Å². The van der Waals surface area contributed by atoms with E-state index in [0.29, 0.717) is 16.6 Å². The largest absolute Gasteiger partial charge is 0.350 e. The molecule has 6 nitrogen and oxygen atoms in total. The number of allylic oxidation sites excluding steroid dienone is 1. The van der Waals surface area contributed by atoms with Crippen LogP contribution in [0.1, 0.15) is 5.56 Å². The Hall–Kier alpha value is -3.48. The standard InChI is InChI=1S/C20H18FN3O3/c1-2-10-23-16-8-3-4-9-17(16)24(20(27)19(23)26)13-18(25)22-12-14-6-5-7-15(21)11-14/h2-9,11H,1,10,12-13H2,(H,22,25). The number of hydrogen-bond donors (Lipinski definition) is 1. The molecule has 0 bridgehead atoms. The van der Waals surface area contributed by atoms with Crippen molar-refractivity contribution in [1.29, 1.82) is 0 Å². The van der Waals surface area contributed by atoms with E-state index in [0.717, 1.165) is 4.57 Å². The molecule has 0 aliphatic carbocycles. The lowest BCUT2D eigenvalue weighted by molar-refractivity contribution is -0.121. The Morgan fingerprint density at radius 2 is 1.70 bits per heavy atom. The van der Waals surface area contributed by atoms with Gasteiger partial charge in [-0.1, -0.05) is 30.3 Å². The average Bonchev–Trinajstić information content (AvgIpc) is 2.67. The first-order valence-corrected chi connectivity index (χ1v) is 8.35. The Morgan fingerprint density at radius 1 is 1.04 bits per heavy atom. The van der Waals surface area contributed by atoms with E-state index in [1.807, 2.05) is 0 Å². The highest BCUT2D eigenvalue weighted by Gasteiger charge is 2.14. The van der Waals surface area contributed by atoms with Gasteiger partial charge in [-0.05, 0) is 29.8 Å². The summed E-state index contributed by atoms with van der Waals surface area (Å²) in [6.07, 6.45) is 1.53. The number of carbonyl (C=O) groups is 1. The first kappa shape index (κ1) is 18.3. The zero-order valence-corrected chi connectivity index (χ0v) is 14.5. The van der Waals surface area contributed by atoms with Crippen molar-refractivity contribution in [2.45, 2.75) is 19.6 Å². The highest BCUT2D eigenvalue weighted by Crippen LogP contribution is 2.10. The molecule has 27 heavy (non-hydrogen) atoms. The van der Waals surface area contributed by atoms with Crippen LogP contribution in [0.2, 0.25) is 0 Å². The second-order valence-corrected chi connectivity index (χ2v) is 5.99. The van der Waals surface area contributed by atoms with Crippen LogP contribution in [-0.4, -0.2) is 15.0 Å². The summed E-state index contributed by atoms with van der Waals surface area (Å²) in [6.45, 7) is 3.62. The maximum atomic E-state index is 13.2. The van der Waals surface area contributed by atoms with Gasteiger partial charge in [0.2, 0.25) is 5.91 Å². The maximum Gasteiger partial charge on any atom is 0.317 e. The van der Waals surface area contributed by atoms with Gasteiger partial charge < -0.3 is 5.32 Å². The Balaban J connectivity index is 1.90. The number of amides is 1. The third-order valence-corrected chi connectivity index (χ3v) is 4.13. The lowest BCUT2D eigenvalue weighted by Gasteiger charge is -2.14. The third kappa shape index (κ3) is 3.87. The highest BCUT2D eigenvalue weighted by molar-refractivity contribution is 5.80. The quantitative estimate of drug-likeness (QED) is 0.533. The molecule has 0 aliphatic rings. The van der Waals surface area contributed by atoms with Gasteiger partial charge in [-0.15, -0.1) is 6.58 Å². The SMILES string of the molecule is C=CCn1c(=O)c(=O)n(CC(=O)NCc2cccc(F)c2)c2ccccc21. The van der Waals surface area contributed by atoms with E-state index in [-0.39, 0.29) is 19.6 Å². The summed E-state index contributed by atoms with van der Waals surface area (Å²) < 4.78 is 15.7. The lowest BCUT2D eigenvalue weighted by atomic mass is 10.2. The number of rotatable bonds is 6. The molecule has 1 N–H and O–H groups in total. The van der Waals surface area contributed by atoms with Crippen LogP contribution < -0.4 is 16.4 Å². The molecular weight excluding hydrogens is 349 g/mol. The zero-order valence-electron chi connectivity index (χ0n) is 14.5. The third-order valence-electron chi connectivity index (χ3n) is 4.13. The summed E-state index contributed by atoms with van der Waals surface area (Å²) in [7, 11) is 0. The average molecular weight is 367 g/mol. The number of halogens is 1. The Morgan fingerprint density at radius 3 is 2.37 bits per heavy atom. The normalized spacial score (nSPS) is 10.7. The zero-order chi connectivity index (χ0) is 19.4. The van der Waals surface area contributed by atoms with Crippen LogP contribution in [0.15, 0.2) is 70.8 Å². The van der Waals surface area contributed by atoms with Gasteiger partial charge in [0.05, 0.1) is 11.0 Å². The molecule has 0 saturated heterocycles. The van der Waals surface area contributed by atoms with Crippen LogP contribution >= 0.6 is 0 Å². The van der Waals surface area contributed by atoms with Crippen LogP contribution in [0.3, 0.4) is 0 Å². The van der Waals surface area contributed by atoms with Crippen molar-refractivity contribution in [3.63, 3.8) is 0 Å². The minimum atomic E-state index is -0.781.